The van der Waals surface area contributed by atoms with Crippen LogP contribution < -0.4 is 5.32 Å². The topological polar surface area (TPSA) is 109 Å². The average molecular weight is 520 g/mol. The molecule has 0 saturated heterocycles. The van der Waals surface area contributed by atoms with Crippen LogP contribution in [0, 0.1) is 0 Å². The predicted octanol–water partition coefficient (Wildman–Crippen LogP) is 2.93. The molecule has 0 spiro atoms. The molecule has 2 aliphatic heterocycles. The van der Waals surface area contributed by atoms with E-state index in [0.29, 0.717) is 48.4 Å². The minimum atomic E-state index is -3.62. The first kappa shape index (κ1) is 23.7. The van der Waals surface area contributed by atoms with Gasteiger partial charge in [-0.05, 0) is 18.6 Å². The van der Waals surface area contributed by atoms with Crippen molar-refractivity contribution in [1.29, 1.82) is 0 Å². The molecule has 0 saturated carbocycles. The van der Waals surface area contributed by atoms with Crippen molar-refractivity contribution < 1.29 is 26.9 Å². The summed E-state index contributed by atoms with van der Waals surface area (Å²) in [5, 5.41) is 4.21. The number of carbonyl (C=O) groups is 2. The van der Waals surface area contributed by atoms with Gasteiger partial charge in [-0.25, -0.2) is 0 Å². The average Bonchev–Trinajstić information content (AvgIpc) is 3.50. The smallest absolute Gasteiger partial charge is 0.264 e. The maximum atomic E-state index is 13.2. The monoisotopic (exact) mass is 519 g/mol. The van der Waals surface area contributed by atoms with Crippen LogP contribution in [0.2, 0.25) is 0 Å². The van der Waals surface area contributed by atoms with Crippen molar-refractivity contribution in [3.8, 4) is 0 Å². The summed E-state index contributed by atoms with van der Waals surface area (Å²) in [6.45, 7) is 1.20. The number of carbonyl (C=O) groups excluding carboxylic acids is 2. The number of benzene rings is 2. The third-order valence-corrected chi connectivity index (χ3v) is 7.46. The number of aryl methyl sites for hydroxylation is 1. The number of amides is 2. The van der Waals surface area contributed by atoms with Crippen molar-refractivity contribution in [3.63, 3.8) is 0 Å². The van der Waals surface area contributed by atoms with Crippen LogP contribution in [-0.4, -0.2) is 54.9 Å². The van der Waals surface area contributed by atoms with E-state index in [4.69, 9.17) is 8.92 Å². The van der Waals surface area contributed by atoms with Crippen molar-refractivity contribution >= 4 is 54.9 Å². The lowest BCUT2D eigenvalue weighted by Crippen LogP contribution is -2.25. The van der Waals surface area contributed by atoms with Crippen molar-refractivity contribution in [1.82, 2.24) is 14.5 Å². The van der Waals surface area contributed by atoms with Gasteiger partial charge in [-0.1, -0.05) is 36.4 Å². The van der Waals surface area contributed by atoms with Crippen LogP contribution in [0.4, 0.5) is 0 Å². The van der Waals surface area contributed by atoms with Crippen molar-refractivity contribution in [2.45, 2.75) is 25.6 Å². The first-order valence-corrected chi connectivity index (χ1v) is 13.8. The Labute approximate surface area is 213 Å². The van der Waals surface area contributed by atoms with Crippen molar-refractivity contribution in [2.24, 2.45) is 0 Å². The first-order valence-electron chi connectivity index (χ1n) is 12.0. The Balaban J connectivity index is 1.57. The lowest BCUT2D eigenvalue weighted by atomic mass is 9.95. The summed E-state index contributed by atoms with van der Waals surface area (Å²) in [6, 6.07) is 15.4. The Morgan fingerprint density at radius 2 is 1.43 bits per heavy atom. The molecule has 4 aromatic rings. The summed E-state index contributed by atoms with van der Waals surface area (Å²) < 4.78 is 38.5. The molecule has 4 heterocycles. The standard InChI is InChI=1S/C27H25N3O6S/c1-37(33,34)36-16-17-10-11-29-14-20(18-6-2-4-8-22(18)29)24-25(27(32)28-26(24)31)21-15-30(12-13-35-17)23-9-5-3-7-19(21)23/h2-9,14-15,17H,10-13,16H2,1H3,(H,28,31,32)/t17-/m0/s1. The zero-order valence-electron chi connectivity index (χ0n) is 20.1. The van der Waals surface area contributed by atoms with Gasteiger partial charge in [-0.15, -0.1) is 0 Å². The molecule has 2 aliphatic rings. The molecule has 1 atom stereocenters. The minimum absolute atomic E-state index is 0.0885. The summed E-state index contributed by atoms with van der Waals surface area (Å²) in [6.07, 6.45) is 4.82. The molecule has 37 heavy (non-hydrogen) atoms. The van der Waals surface area contributed by atoms with E-state index in [-0.39, 0.29) is 6.61 Å². The van der Waals surface area contributed by atoms with Crippen LogP contribution >= 0.6 is 0 Å². The van der Waals surface area contributed by atoms with Gasteiger partial charge in [0.05, 0.1) is 36.7 Å². The first-order chi connectivity index (χ1) is 17.8. The number of nitrogens with one attached hydrogen (secondary N) is 1. The summed E-state index contributed by atoms with van der Waals surface area (Å²) in [5.74, 6) is -0.837. The van der Waals surface area contributed by atoms with Crippen LogP contribution in [0.5, 0.6) is 0 Å². The third-order valence-electron chi connectivity index (χ3n) is 6.89. The highest BCUT2D eigenvalue weighted by atomic mass is 32.2. The Hall–Kier alpha value is -3.73. The lowest BCUT2D eigenvalue weighted by Gasteiger charge is -2.19. The van der Waals surface area contributed by atoms with Gasteiger partial charge in [-0.2, -0.15) is 8.42 Å². The highest BCUT2D eigenvalue weighted by Gasteiger charge is 2.35. The second kappa shape index (κ2) is 8.98. The van der Waals surface area contributed by atoms with Crippen LogP contribution in [-0.2, 0) is 41.7 Å². The summed E-state index contributed by atoms with van der Waals surface area (Å²) in [5.41, 5.74) is 3.87. The molecule has 190 valence electrons. The second-order valence-corrected chi connectivity index (χ2v) is 11.0. The molecule has 2 amide bonds. The number of hydrogen-bond donors (Lipinski definition) is 1. The van der Waals surface area contributed by atoms with Crippen molar-refractivity contribution in [3.05, 3.63) is 72.1 Å². The van der Waals surface area contributed by atoms with Gasteiger partial charge >= 0.3 is 0 Å². The molecule has 0 radical (unpaired) electrons. The number of nitrogens with zero attached hydrogens (tertiary/aromatic N) is 2. The van der Waals surface area contributed by atoms with Crippen LogP contribution in [0.3, 0.4) is 0 Å². The summed E-state index contributed by atoms with van der Waals surface area (Å²) in [4.78, 5) is 26.4. The summed E-state index contributed by atoms with van der Waals surface area (Å²) in [7, 11) is -3.62. The molecule has 0 unspecified atom stereocenters. The molecule has 10 heteroatoms. The van der Waals surface area contributed by atoms with E-state index in [1.54, 1.807) is 0 Å². The fourth-order valence-corrected chi connectivity index (χ4v) is 5.65. The number of rotatable bonds is 3. The zero-order chi connectivity index (χ0) is 25.7. The van der Waals surface area contributed by atoms with E-state index in [9.17, 15) is 18.0 Å². The summed E-state index contributed by atoms with van der Waals surface area (Å²) >= 11 is 0. The van der Waals surface area contributed by atoms with Gasteiger partial charge in [0.25, 0.3) is 21.9 Å². The van der Waals surface area contributed by atoms with E-state index in [1.165, 1.54) is 0 Å². The van der Waals surface area contributed by atoms with Crippen LogP contribution in [0.25, 0.3) is 33.0 Å². The van der Waals surface area contributed by atoms with Gasteiger partial charge in [0.2, 0.25) is 0 Å². The highest BCUT2D eigenvalue weighted by Crippen LogP contribution is 2.39. The Morgan fingerprint density at radius 1 is 0.892 bits per heavy atom. The molecule has 4 bridgehead atoms. The van der Waals surface area contributed by atoms with Gasteiger partial charge in [-0.3, -0.25) is 19.1 Å². The number of fused-ring (bicyclic) bond motifs is 12. The maximum Gasteiger partial charge on any atom is 0.264 e. The molecule has 2 aromatic heterocycles. The number of aromatic nitrogens is 2. The third kappa shape index (κ3) is 4.26. The van der Waals surface area contributed by atoms with E-state index in [1.807, 2.05) is 70.1 Å². The number of hydrogen-bond acceptors (Lipinski definition) is 6. The Bertz CT molecular complexity index is 1710. The molecule has 0 aliphatic carbocycles. The van der Waals surface area contributed by atoms with Gasteiger partial charge in [0.15, 0.2) is 0 Å². The number of ether oxygens (including phenoxy) is 1. The van der Waals surface area contributed by atoms with Crippen LogP contribution in [0.15, 0.2) is 60.9 Å². The zero-order valence-corrected chi connectivity index (χ0v) is 21.0. The second-order valence-electron chi connectivity index (χ2n) is 9.31. The largest absolute Gasteiger partial charge is 0.374 e. The van der Waals surface area contributed by atoms with Gasteiger partial charge in [0.1, 0.15) is 0 Å². The van der Waals surface area contributed by atoms with Gasteiger partial charge < -0.3 is 13.9 Å². The Kier molecular flexibility index (Phi) is 5.74. The Morgan fingerprint density at radius 3 is 2.00 bits per heavy atom. The quantitative estimate of drug-likeness (QED) is 0.329. The molecule has 1 N–H and O–H groups in total. The molecule has 9 nitrogen and oxygen atoms in total. The SMILES string of the molecule is CS(=O)(=O)OC[C@@H]1CCn2cc(c3ccccc32)C2=C(C(=O)NC2=O)c2cn(c3ccccc23)CCO1. The number of para-hydroxylation sites is 2. The van der Waals surface area contributed by atoms with Crippen LogP contribution in [0.1, 0.15) is 17.5 Å². The van der Waals surface area contributed by atoms with E-state index >= 15 is 0 Å². The van der Waals surface area contributed by atoms with Crippen molar-refractivity contribution in [2.75, 3.05) is 19.5 Å². The lowest BCUT2D eigenvalue weighted by molar-refractivity contribution is -0.122. The normalized spacial score (nSPS) is 18.8. The minimum Gasteiger partial charge on any atom is -0.374 e. The van der Waals surface area contributed by atoms with Gasteiger partial charge in [0, 0.05) is 58.4 Å². The number of imide groups is 1. The molecule has 2 aromatic carbocycles. The molecular formula is C27H25N3O6S. The van der Waals surface area contributed by atoms with E-state index < -0.39 is 28.0 Å². The predicted molar refractivity (Wildman–Crippen MR) is 139 cm³/mol. The van der Waals surface area contributed by atoms with E-state index in [2.05, 4.69) is 5.32 Å². The fourth-order valence-electron chi connectivity index (χ4n) is 5.25. The van der Waals surface area contributed by atoms with E-state index in [0.717, 1.165) is 28.1 Å². The fraction of sp³-hybridized carbons (Fsp3) is 0.259. The molecular weight excluding hydrogens is 494 g/mol. The molecule has 6 rings (SSSR count). The molecule has 0 fully saturated rings. The maximum absolute atomic E-state index is 13.2. The highest BCUT2D eigenvalue weighted by molar-refractivity contribution is 7.85.